The van der Waals surface area contributed by atoms with E-state index in [0.29, 0.717) is 25.7 Å². The first kappa shape index (κ1) is 18.2. The third-order valence-corrected chi connectivity index (χ3v) is 5.40. The Bertz CT molecular complexity index is 517. The maximum atomic E-state index is 13.1. The van der Waals surface area contributed by atoms with E-state index in [1.54, 1.807) is 0 Å². The number of likely N-dealkylation sites (tertiary alicyclic amines) is 1. The Morgan fingerprint density at radius 1 is 1.30 bits per heavy atom. The van der Waals surface area contributed by atoms with Crippen LogP contribution >= 0.6 is 12.4 Å². The summed E-state index contributed by atoms with van der Waals surface area (Å²) in [5, 5.41) is 0. The first-order chi connectivity index (χ1) is 10.7. The van der Waals surface area contributed by atoms with Gasteiger partial charge in [0.05, 0.1) is 5.41 Å². The fraction of sp³-hybridized carbons (Fsp3) is 0.611. The molecule has 2 fully saturated rings. The molecule has 0 saturated carbocycles. The maximum absolute atomic E-state index is 13.1. The average molecular weight is 339 g/mol. The number of nitrogens with zero attached hydrogens (tertiary/aromatic N) is 1. The van der Waals surface area contributed by atoms with Crippen LogP contribution in [0.2, 0.25) is 0 Å². The summed E-state index contributed by atoms with van der Waals surface area (Å²) in [7, 11) is 0. The van der Waals surface area contributed by atoms with Gasteiger partial charge in [-0.3, -0.25) is 4.79 Å². The van der Waals surface area contributed by atoms with Crippen LogP contribution in [0, 0.1) is 5.41 Å². The number of hydrogen-bond donors (Lipinski definition) is 1. The Morgan fingerprint density at radius 2 is 1.96 bits per heavy atom. The van der Waals surface area contributed by atoms with Gasteiger partial charge in [-0.1, -0.05) is 30.3 Å². The van der Waals surface area contributed by atoms with E-state index in [4.69, 9.17) is 10.5 Å². The highest BCUT2D eigenvalue weighted by atomic mass is 35.5. The van der Waals surface area contributed by atoms with E-state index < -0.39 is 5.41 Å². The third-order valence-electron chi connectivity index (χ3n) is 5.40. The minimum Gasteiger partial charge on any atom is -0.381 e. The molecule has 3 rings (SSSR count). The number of carbonyl (C=O) groups excluding carboxylic acids is 1. The van der Waals surface area contributed by atoms with Crippen LogP contribution < -0.4 is 5.73 Å². The molecule has 1 amide bonds. The van der Waals surface area contributed by atoms with E-state index in [1.807, 2.05) is 6.07 Å². The number of halogens is 1. The van der Waals surface area contributed by atoms with Gasteiger partial charge in [-0.05, 0) is 31.7 Å². The van der Waals surface area contributed by atoms with Gasteiger partial charge in [-0.15, -0.1) is 12.4 Å². The topological polar surface area (TPSA) is 55.6 Å². The average Bonchev–Trinajstić information content (AvgIpc) is 2.97. The van der Waals surface area contributed by atoms with Crippen molar-refractivity contribution >= 4 is 18.3 Å². The number of carbonyl (C=O) groups is 1. The number of nitrogens with two attached hydrogens (primary N) is 1. The molecule has 1 aromatic carbocycles. The van der Waals surface area contributed by atoms with Crippen molar-refractivity contribution in [1.29, 1.82) is 0 Å². The van der Waals surface area contributed by atoms with Gasteiger partial charge in [-0.2, -0.15) is 0 Å². The Balaban J connectivity index is 0.00000192. The number of ether oxygens (including phenoxy) is 1. The molecule has 0 bridgehead atoms. The van der Waals surface area contributed by atoms with Gasteiger partial charge < -0.3 is 15.4 Å². The van der Waals surface area contributed by atoms with Gasteiger partial charge in [-0.25, -0.2) is 0 Å². The van der Waals surface area contributed by atoms with Crippen molar-refractivity contribution in [3.05, 3.63) is 35.9 Å². The monoisotopic (exact) mass is 338 g/mol. The lowest BCUT2D eigenvalue weighted by atomic mass is 9.78. The number of rotatable bonds is 3. The van der Waals surface area contributed by atoms with Crippen LogP contribution in [0.5, 0.6) is 0 Å². The number of hydrogen-bond acceptors (Lipinski definition) is 3. The SMILES string of the molecule is CC1CC(c2ccccc2)CN1C(=O)C1(CN)CCOCC1.Cl. The second-order valence-electron chi connectivity index (χ2n) is 6.75. The fourth-order valence-corrected chi connectivity index (χ4v) is 3.85. The van der Waals surface area contributed by atoms with Crippen LogP contribution in [0.15, 0.2) is 30.3 Å². The predicted molar refractivity (Wildman–Crippen MR) is 93.8 cm³/mol. The molecule has 128 valence electrons. The summed E-state index contributed by atoms with van der Waals surface area (Å²) >= 11 is 0. The smallest absolute Gasteiger partial charge is 0.230 e. The lowest BCUT2D eigenvalue weighted by Crippen LogP contribution is -2.51. The zero-order valence-corrected chi connectivity index (χ0v) is 14.6. The molecule has 4 nitrogen and oxygen atoms in total. The van der Waals surface area contributed by atoms with Crippen molar-refractivity contribution in [2.75, 3.05) is 26.3 Å². The Labute approximate surface area is 144 Å². The first-order valence-corrected chi connectivity index (χ1v) is 8.30. The third kappa shape index (κ3) is 3.54. The predicted octanol–water partition coefficient (Wildman–Crippen LogP) is 2.57. The maximum Gasteiger partial charge on any atom is 0.230 e. The van der Waals surface area contributed by atoms with Crippen LogP contribution in [0.1, 0.15) is 37.7 Å². The molecular formula is C18H27ClN2O2. The lowest BCUT2D eigenvalue weighted by Gasteiger charge is -2.39. The zero-order chi connectivity index (χ0) is 15.6. The molecule has 1 aromatic rings. The molecule has 23 heavy (non-hydrogen) atoms. The van der Waals surface area contributed by atoms with Crippen molar-refractivity contribution in [3.8, 4) is 0 Å². The first-order valence-electron chi connectivity index (χ1n) is 8.30. The standard InChI is InChI=1S/C18H26N2O2.ClH/c1-14-11-16(15-5-3-2-4-6-15)12-20(14)17(21)18(13-19)7-9-22-10-8-18;/h2-6,14,16H,7-13,19H2,1H3;1H. The van der Waals surface area contributed by atoms with E-state index in [2.05, 4.69) is 36.1 Å². The molecule has 2 aliphatic rings. The Kier molecular flexibility index (Phi) is 6.06. The van der Waals surface area contributed by atoms with Crippen LogP contribution in [-0.2, 0) is 9.53 Å². The molecular weight excluding hydrogens is 312 g/mol. The normalized spacial score (nSPS) is 26.6. The van der Waals surface area contributed by atoms with Crippen molar-refractivity contribution in [1.82, 2.24) is 4.90 Å². The van der Waals surface area contributed by atoms with Crippen LogP contribution in [0.4, 0.5) is 0 Å². The highest BCUT2D eigenvalue weighted by Crippen LogP contribution is 2.38. The largest absolute Gasteiger partial charge is 0.381 e. The second-order valence-corrected chi connectivity index (χ2v) is 6.75. The Hall–Kier alpha value is -1.10. The summed E-state index contributed by atoms with van der Waals surface area (Å²) < 4.78 is 5.43. The highest BCUT2D eigenvalue weighted by Gasteiger charge is 2.45. The summed E-state index contributed by atoms with van der Waals surface area (Å²) in [6.07, 6.45) is 2.54. The molecule has 2 heterocycles. The van der Waals surface area contributed by atoms with Crippen molar-refractivity contribution in [2.24, 2.45) is 11.1 Å². The Morgan fingerprint density at radius 3 is 2.57 bits per heavy atom. The van der Waals surface area contributed by atoms with Crippen molar-refractivity contribution in [2.45, 2.75) is 38.1 Å². The minimum absolute atomic E-state index is 0. The van der Waals surface area contributed by atoms with Crippen LogP contribution in [0.25, 0.3) is 0 Å². The molecule has 0 aromatic heterocycles. The molecule has 2 atom stereocenters. The highest BCUT2D eigenvalue weighted by molar-refractivity contribution is 5.85. The van der Waals surface area contributed by atoms with Gasteiger partial charge >= 0.3 is 0 Å². The molecule has 2 aliphatic heterocycles. The van der Waals surface area contributed by atoms with Crippen LogP contribution in [0.3, 0.4) is 0 Å². The summed E-state index contributed by atoms with van der Waals surface area (Å²) in [4.78, 5) is 15.2. The van der Waals surface area contributed by atoms with E-state index in [0.717, 1.165) is 25.8 Å². The zero-order valence-electron chi connectivity index (χ0n) is 13.7. The van der Waals surface area contributed by atoms with E-state index >= 15 is 0 Å². The van der Waals surface area contributed by atoms with Gasteiger partial charge in [0, 0.05) is 38.3 Å². The molecule has 5 heteroatoms. The van der Waals surface area contributed by atoms with Gasteiger partial charge in [0.1, 0.15) is 0 Å². The minimum atomic E-state index is -0.405. The van der Waals surface area contributed by atoms with Crippen LogP contribution in [-0.4, -0.2) is 43.2 Å². The number of benzene rings is 1. The van der Waals surface area contributed by atoms with Gasteiger partial charge in [0.25, 0.3) is 0 Å². The van der Waals surface area contributed by atoms with E-state index in [9.17, 15) is 4.79 Å². The summed E-state index contributed by atoms with van der Waals surface area (Å²) in [6, 6.07) is 10.8. The van der Waals surface area contributed by atoms with Crippen molar-refractivity contribution < 1.29 is 9.53 Å². The van der Waals surface area contributed by atoms with Gasteiger partial charge in [0.2, 0.25) is 5.91 Å². The second kappa shape index (κ2) is 7.65. The molecule has 2 saturated heterocycles. The quantitative estimate of drug-likeness (QED) is 0.921. The van der Waals surface area contributed by atoms with Crippen molar-refractivity contribution in [3.63, 3.8) is 0 Å². The fourth-order valence-electron chi connectivity index (χ4n) is 3.85. The molecule has 2 N–H and O–H groups in total. The van der Waals surface area contributed by atoms with E-state index in [-0.39, 0.29) is 24.4 Å². The van der Waals surface area contributed by atoms with E-state index in [1.165, 1.54) is 5.56 Å². The molecule has 2 unspecified atom stereocenters. The molecule has 0 radical (unpaired) electrons. The summed E-state index contributed by atoms with van der Waals surface area (Å²) in [5.41, 5.74) is 6.92. The molecule has 0 aliphatic carbocycles. The molecule has 0 spiro atoms. The summed E-state index contributed by atoms with van der Waals surface area (Å²) in [6.45, 7) is 4.69. The lowest BCUT2D eigenvalue weighted by molar-refractivity contribution is -0.147. The number of amides is 1. The summed E-state index contributed by atoms with van der Waals surface area (Å²) in [5.74, 6) is 0.680. The van der Waals surface area contributed by atoms with Gasteiger partial charge in [0.15, 0.2) is 0 Å².